The summed E-state index contributed by atoms with van der Waals surface area (Å²) >= 11 is 2.14. The topological polar surface area (TPSA) is 54.5 Å². The van der Waals surface area contributed by atoms with E-state index in [0.717, 1.165) is 20.7 Å². The van der Waals surface area contributed by atoms with E-state index >= 15 is 0 Å². The molecule has 2 heterocycles. The van der Waals surface area contributed by atoms with Crippen LogP contribution < -0.4 is 0 Å². The van der Waals surface area contributed by atoms with E-state index in [-0.39, 0.29) is 0 Å². The number of nitrogens with one attached hydrogen (secondary N) is 1. The second-order valence-electron chi connectivity index (χ2n) is 2.18. The fraction of sp³-hybridized carbons (Fsp3) is 0.167. The van der Waals surface area contributed by atoms with Crippen LogP contribution in [0.4, 0.5) is 0 Å². The Morgan fingerprint density at radius 3 is 3.00 bits per heavy atom. The van der Waals surface area contributed by atoms with Crippen molar-refractivity contribution in [2.75, 3.05) is 0 Å². The highest BCUT2D eigenvalue weighted by molar-refractivity contribution is 14.1. The molecule has 0 saturated heterocycles. The highest BCUT2D eigenvalue weighted by atomic mass is 127. The van der Waals surface area contributed by atoms with Crippen LogP contribution >= 0.6 is 22.6 Å². The molecule has 1 N–H and O–H groups in total. The molecule has 0 saturated carbocycles. The van der Waals surface area contributed by atoms with Crippen LogP contribution in [0.25, 0.3) is 11.2 Å². The number of H-pyrrole nitrogens is 1. The van der Waals surface area contributed by atoms with Crippen LogP contribution in [0.15, 0.2) is 6.33 Å². The van der Waals surface area contributed by atoms with Gasteiger partial charge in [-0.2, -0.15) is 0 Å². The number of hydrogen-bond acceptors (Lipinski definition) is 3. The van der Waals surface area contributed by atoms with E-state index in [1.54, 1.807) is 0 Å². The molecule has 5 heteroatoms. The third kappa shape index (κ3) is 1.09. The van der Waals surface area contributed by atoms with Crippen molar-refractivity contribution in [2.24, 2.45) is 0 Å². The maximum Gasteiger partial charge on any atom is 0.161 e. The number of aromatic amines is 1. The third-order valence-electron chi connectivity index (χ3n) is 1.36. The quantitative estimate of drug-likeness (QED) is 0.573. The maximum absolute atomic E-state index is 4.22. The van der Waals surface area contributed by atoms with Gasteiger partial charge in [-0.25, -0.2) is 15.0 Å². The lowest BCUT2D eigenvalue weighted by atomic mass is 10.6. The number of aromatic nitrogens is 4. The van der Waals surface area contributed by atoms with E-state index in [1.165, 1.54) is 6.33 Å². The van der Waals surface area contributed by atoms with Gasteiger partial charge in [0.25, 0.3) is 0 Å². The van der Waals surface area contributed by atoms with E-state index in [4.69, 9.17) is 0 Å². The van der Waals surface area contributed by atoms with Crippen molar-refractivity contribution < 1.29 is 0 Å². The molecule has 11 heavy (non-hydrogen) atoms. The Bertz CT molecular complexity index is 394. The molecule has 0 radical (unpaired) electrons. The van der Waals surface area contributed by atoms with Crippen molar-refractivity contribution in [3.8, 4) is 0 Å². The highest BCUT2D eigenvalue weighted by Gasteiger charge is 2.03. The van der Waals surface area contributed by atoms with Gasteiger partial charge in [0.05, 0.1) is 0 Å². The van der Waals surface area contributed by atoms with Gasteiger partial charge in [0.15, 0.2) is 5.65 Å². The SMILES string of the molecule is Cc1nc2c(I)ncnc2[nH]1. The number of aryl methyl sites for hydroxylation is 1. The average Bonchev–Trinajstić information content (AvgIpc) is 2.31. The van der Waals surface area contributed by atoms with Gasteiger partial charge in [-0.1, -0.05) is 0 Å². The Morgan fingerprint density at radius 2 is 2.27 bits per heavy atom. The van der Waals surface area contributed by atoms with Crippen molar-refractivity contribution in [1.29, 1.82) is 0 Å². The molecule has 0 atom stereocenters. The summed E-state index contributed by atoms with van der Waals surface area (Å²) < 4.78 is 0.886. The molecular formula is C6H5IN4. The van der Waals surface area contributed by atoms with Gasteiger partial charge in [0.2, 0.25) is 0 Å². The molecule has 0 amide bonds. The molecule has 0 aliphatic carbocycles. The third-order valence-corrected chi connectivity index (χ3v) is 2.15. The Hall–Kier alpha value is -0.720. The molecule has 0 spiro atoms. The van der Waals surface area contributed by atoms with E-state index in [9.17, 15) is 0 Å². The number of rotatable bonds is 0. The summed E-state index contributed by atoms with van der Waals surface area (Å²) in [5.74, 6) is 0.874. The standard InChI is InChI=1S/C6H5IN4/c1-3-10-4-5(7)8-2-9-6(4)11-3/h2H,1H3,(H,8,9,10,11). The lowest BCUT2D eigenvalue weighted by Gasteiger charge is -1.86. The van der Waals surface area contributed by atoms with Crippen molar-refractivity contribution >= 4 is 33.8 Å². The molecule has 2 rings (SSSR count). The lowest BCUT2D eigenvalue weighted by Crippen LogP contribution is -1.84. The zero-order valence-corrected chi connectivity index (χ0v) is 7.95. The summed E-state index contributed by atoms with van der Waals surface area (Å²) in [4.78, 5) is 15.3. The molecular weight excluding hydrogens is 255 g/mol. The van der Waals surface area contributed by atoms with Gasteiger partial charge in [-0.05, 0) is 29.5 Å². The smallest absolute Gasteiger partial charge is 0.161 e. The molecule has 4 nitrogen and oxygen atoms in total. The first kappa shape index (κ1) is 6.96. The first-order chi connectivity index (χ1) is 5.27. The second kappa shape index (κ2) is 2.40. The summed E-state index contributed by atoms with van der Waals surface area (Å²) in [6, 6.07) is 0. The lowest BCUT2D eigenvalue weighted by molar-refractivity contribution is 1.15. The number of imidazole rings is 1. The highest BCUT2D eigenvalue weighted by Crippen LogP contribution is 2.12. The average molecular weight is 260 g/mol. The maximum atomic E-state index is 4.22. The monoisotopic (exact) mass is 260 g/mol. The number of fused-ring (bicyclic) bond motifs is 1. The summed E-state index contributed by atoms with van der Waals surface area (Å²) in [5, 5.41) is 0. The summed E-state index contributed by atoms with van der Waals surface area (Å²) in [5.41, 5.74) is 1.66. The summed E-state index contributed by atoms with van der Waals surface area (Å²) in [6.45, 7) is 1.90. The molecule has 2 aromatic heterocycles. The van der Waals surface area contributed by atoms with Crippen LogP contribution in [0.5, 0.6) is 0 Å². The molecule has 0 bridgehead atoms. The van der Waals surface area contributed by atoms with Gasteiger partial charge >= 0.3 is 0 Å². The minimum Gasteiger partial charge on any atom is -0.327 e. The fourth-order valence-electron chi connectivity index (χ4n) is 0.915. The predicted molar refractivity (Wildman–Crippen MR) is 49.1 cm³/mol. The Morgan fingerprint density at radius 1 is 1.45 bits per heavy atom. The van der Waals surface area contributed by atoms with Crippen molar-refractivity contribution in [1.82, 2.24) is 19.9 Å². The molecule has 56 valence electrons. The molecule has 2 aromatic rings. The minimum atomic E-state index is 0.807. The number of hydrogen-bond donors (Lipinski definition) is 1. The molecule has 0 unspecified atom stereocenters. The Balaban J connectivity index is 2.90. The van der Waals surface area contributed by atoms with Crippen LogP contribution in [-0.4, -0.2) is 19.9 Å². The van der Waals surface area contributed by atoms with Crippen molar-refractivity contribution in [3.05, 3.63) is 15.9 Å². The van der Waals surface area contributed by atoms with Crippen LogP contribution in [0.2, 0.25) is 0 Å². The number of nitrogens with zero attached hydrogens (tertiary/aromatic N) is 3. The predicted octanol–water partition coefficient (Wildman–Crippen LogP) is 1.27. The second-order valence-corrected chi connectivity index (χ2v) is 3.21. The Labute approximate surface area is 76.6 Å². The van der Waals surface area contributed by atoms with Gasteiger partial charge in [-0.15, -0.1) is 0 Å². The van der Waals surface area contributed by atoms with Gasteiger partial charge in [0, 0.05) is 0 Å². The van der Waals surface area contributed by atoms with Crippen LogP contribution in [0.3, 0.4) is 0 Å². The van der Waals surface area contributed by atoms with Crippen molar-refractivity contribution in [3.63, 3.8) is 0 Å². The van der Waals surface area contributed by atoms with Gasteiger partial charge in [-0.3, -0.25) is 0 Å². The first-order valence-electron chi connectivity index (χ1n) is 3.10. The summed E-state index contributed by atoms with van der Waals surface area (Å²) in [7, 11) is 0. The van der Waals surface area contributed by atoms with E-state index in [1.807, 2.05) is 6.92 Å². The van der Waals surface area contributed by atoms with E-state index in [0.29, 0.717) is 0 Å². The van der Waals surface area contributed by atoms with Crippen LogP contribution in [0.1, 0.15) is 5.82 Å². The molecule has 0 aliphatic heterocycles. The molecule has 0 aliphatic rings. The van der Waals surface area contributed by atoms with Crippen LogP contribution in [-0.2, 0) is 0 Å². The zero-order valence-electron chi connectivity index (χ0n) is 5.80. The van der Waals surface area contributed by atoms with Crippen LogP contribution in [0, 0.1) is 10.6 Å². The summed E-state index contributed by atoms with van der Waals surface area (Å²) in [6.07, 6.45) is 1.53. The minimum absolute atomic E-state index is 0.807. The first-order valence-corrected chi connectivity index (χ1v) is 4.18. The van der Waals surface area contributed by atoms with E-state index < -0.39 is 0 Å². The molecule has 0 fully saturated rings. The van der Waals surface area contributed by atoms with E-state index in [2.05, 4.69) is 42.5 Å². The Kier molecular flexibility index (Phi) is 1.52. The number of halogens is 1. The largest absolute Gasteiger partial charge is 0.327 e. The van der Waals surface area contributed by atoms with Gasteiger partial charge < -0.3 is 4.98 Å². The zero-order chi connectivity index (χ0) is 7.84. The molecule has 0 aromatic carbocycles. The fourth-order valence-corrected chi connectivity index (χ4v) is 1.42. The van der Waals surface area contributed by atoms with Gasteiger partial charge in [0.1, 0.15) is 21.4 Å². The van der Waals surface area contributed by atoms with Crippen molar-refractivity contribution in [2.45, 2.75) is 6.92 Å². The normalized spacial score (nSPS) is 10.7.